The molecule has 1 amide bonds. The third-order valence-corrected chi connectivity index (χ3v) is 5.04. The zero-order chi connectivity index (χ0) is 24.9. The molecule has 3 rings (SSSR count). The number of alkyl carbamates (subject to hydrolysis) is 1. The highest BCUT2D eigenvalue weighted by atomic mass is 79.9. The SMILES string of the molecule is COC(=O)/C(=C/c1cn(C(=O)OC(C)(C)C)c2ccc(Br)cc12)NC(=O)OCc1ccccc1. The molecule has 0 saturated heterocycles. The van der Waals surface area contributed by atoms with Crippen LogP contribution in [0.3, 0.4) is 0 Å². The van der Waals surface area contributed by atoms with Crippen molar-refractivity contribution in [2.45, 2.75) is 33.0 Å². The summed E-state index contributed by atoms with van der Waals surface area (Å²) in [5, 5.41) is 3.08. The first-order valence-electron chi connectivity index (χ1n) is 10.4. The molecule has 1 aromatic heterocycles. The predicted octanol–water partition coefficient (Wildman–Crippen LogP) is 5.63. The van der Waals surface area contributed by atoms with E-state index in [-0.39, 0.29) is 12.3 Å². The Morgan fingerprint density at radius 2 is 1.79 bits per heavy atom. The van der Waals surface area contributed by atoms with E-state index >= 15 is 0 Å². The normalized spacial score (nSPS) is 11.7. The van der Waals surface area contributed by atoms with Crippen molar-refractivity contribution in [3.05, 3.63) is 76.0 Å². The monoisotopic (exact) mass is 528 g/mol. The molecule has 3 aromatic rings. The van der Waals surface area contributed by atoms with Crippen molar-refractivity contribution in [3.8, 4) is 0 Å². The lowest BCUT2D eigenvalue weighted by Crippen LogP contribution is -2.28. The van der Waals surface area contributed by atoms with Crippen molar-refractivity contribution < 1.29 is 28.6 Å². The first kappa shape index (κ1) is 25.0. The molecule has 0 atom stereocenters. The van der Waals surface area contributed by atoms with Gasteiger partial charge in [0.15, 0.2) is 0 Å². The Kier molecular flexibility index (Phi) is 7.78. The average Bonchev–Trinajstić information content (AvgIpc) is 3.14. The van der Waals surface area contributed by atoms with Crippen LogP contribution in [0.5, 0.6) is 0 Å². The number of nitrogens with one attached hydrogen (secondary N) is 1. The summed E-state index contributed by atoms with van der Waals surface area (Å²) in [6.45, 7) is 5.35. The number of nitrogens with zero attached hydrogens (tertiary/aromatic N) is 1. The topological polar surface area (TPSA) is 95.9 Å². The molecule has 8 nitrogen and oxygen atoms in total. The van der Waals surface area contributed by atoms with E-state index in [1.165, 1.54) is 23.9 Å². The molecule has 0 saturated carbocycles. The molecule has 2 aromatic carbocycles. The maximum absolute atomic E-state index is 12.8. The van der Waals surface area contributed by atoms with Crippen molar-refractivity contribution in [1.29, 1.82) is 0 Å². The Morgan fingerprint density at radius 1 is 1.09 bits per heavy atom. The molecule has 0 radical (unpaired) electrons. The van der Waals surface area contributed by atoms with Gasteiger partial charge in [0.25, 0.3) is 0 Å². The minimum absolute atomic E-state index is 0.0338. The zero-order valence-electron chi connectivity index (χ0n) is 19.3. The van der Waals surface area contributed by atoms with Gasteiger partial charge >= 0.3 is 18.2 Å². The van der Waals surface area contributed by atoms with Gasteiger partial charge in [-0.3, -0.25) is 9.88 Å². The first-order chi connectivity index (χ1) is 16.1. The summed E-state index contributed by atoms with van der Waals surface area (Å²) in [5.41, 5.74) is 1.01. The van der Waals surface area contributed by atoms with Gasteiger partial charge in [-0.05, 0) is 50.6 Å². The highest BCUT2D eigenvalue weighted by molar-refractivity contribution is 9.10. The summed E-state index contributed by atoms with van der Waals surface area (Å²) in [6, 6.07) is 14.5. The van der Waals surface area contributed by atoms with Crippen LogP contribution < -0.4 is 5.32 Å². The Balaban J connectivity index is 1.94. The van der Waals surface area contributed by atoms with Gasteiger partial charge in [0, 0.05) is 21.6 Å². The molecule has 34 heavy (non-hydrogen) atoms. The van der Waals surface area contributed by atoms with Crippen LogP contribution in [-0.2, 0) is 25.6 Å². The van der Waals surface area contributed by atoms with E-state index in [1.54, 1.807) is 39.0 Å². The number of rotatable bonds is 5. The standard InChI is InChI=1S/C25H25BrN2O6/c1-25(2,3)34-24(31)28-14-17(19-13-18(26)10-11-21(19)28)12-20(22(29)32-4)27-23(30)33-15-16-8-6-5-7-9-16/h5-14H,15H2,1-4H3,(H,27,30)/b20-12-. The number of esters is 1. The third kappa shape index (κ3) is 6.48. The Labute approximate surface area is 205 Å². The molecule has 0 bridgehead atoms. The first-order valence-corrected chi connectivity index (χ1v) is 11.2. The van der Waals surface area contributed by atoms with Crippen LogP contribution in [-0.4, -0.2) is 35.4 Å². The number of hydrogen-bond donors (Lipinski definition) is 1. The fourth-order valence-electron chi connectivity index (χ4n) is 3.09. The largest absolute Gasteiger partial charge is 0.464 e. The van der Waals surface area contributed by atoms with E-state index < -0.39 is 23.8 Å². The van der Waals surface area contributed by atoms with Gasteiger partial charge in [-0.1, -0.05) is 46.3 Å². The van der Waals surface area contributed by atoms with Crippen LogP contribution in [0.4, 0.5) is 9.59 Å². The van der Waals surface area contributed by atoms with Crippen molar-refractivity contribution >= 4 is 51.1 Å². The van der Waals surface area contributed by atoms with Gasteiger partial charge in [-0.25, -0.2) is 14.4 Å². The van der Waals surface area contributed by atoms with Crippen LogP contribution in [0, 0.1) is 0 Å². The number of benzene rings is 2. The van der Waals surface area contributed by atoms with E-state index in [9.17, 15) is 14.4 Å². The van der Waals surface area contributed by atoms with E-state index in [1.807, 2.05) is 30.3 Å². The van der Waals surface area contributed by atoms with Crippen LogP contribution >= 0.6 is 15.9 Å². The lowest BCUT2D eigenvalue weighted by Gasteiger charge is -2.19. The molecule has 1 heterocycles. The lowest BCUT2D eigenvalue weighted by atomic mass is 10.1. The number of ether oxygens (including phenoxy) is 3. The van der Waals surface area contributed by atoms with E-state index in [4.69, 9.17) is 14.2 Å². The van der Waals surface area contributed by atoms with E-state index in [0.717, 1.165) is 10.0 Å². The molecular weight excluding hydrogens is 504 g/mol. The summed E-state index contributed by atoms with van der Waals surface area (Å²) in [7, 11) is 1.20. The van der Waals surface area contributed by atoms with Crippen LogP contribution in [0.25, 0.3) is 17.0 Å². The van der Waals surface area contributed by atoms with Crippen molar-refractivity contribution in [2.24, 2.45) is 0 Å². The fraction of sp³-hybridized carbons (Fsp3) is 0.240. The maximum atomic E-state index is 12.8. The second-order valence-electron chi connectivity index (χ2n) is 8.33. The van der Waals surface area contributed by atoms with Gasteiger partial charge in [0.2, 0.25) is 0 Å². The minimum Gasteiger partial charge on any atom is -0.464 e. The average molecular weight is 529 g/mol. The summed E-state index contributed by atoms with van der Waals surface area (Å²) in [6.07, 6.45) is 1.56. The molecular formula is C25H25BrN2O6. The molecule has 0 aliphatic carbocycles. The van der Waals surface area contributed by atoms with Crippen molar-refractivity contribution in [3.63, 3.8) is 0 Å². The second-order valence-corrected chi connectivity index (χ2v) is 9.25. The zero-order valence-corrected chi connectivity index (χ0v) is 20.8. The third-order valence-electron chi connectivity index (χ3n) is 4.54. The lowest BCUT2D eigenvalue weighted by molar-refractivity contribution is -0.136. The van der Waals surface area contributed by atoms with Crippen LogP contribution in [0.1, 0.15) is 31.9 Å². The van der Waals surface area contributed by atoms with Crippen molar-refractivity contribution in [2.75, 3.05) is 7.11 Å². The number of amides is 1. The molecule has 0 aliphatic rings. The number of carbonyl (C=O) groups is 3. The highest BCUT2D eigenvalue weighted by Gasteiger charge is 2.22. The fourth-order valence-corrected chi connectivity index (χ4v) is 3.45. The number of methoxy groups -OCH3 is 1. The Hall–Kier alpha value is -3.59. The Bertz CT molecular complexity index is 1240. The van der Waals surface area contributed by atoms with E-state index in [2.05, 4.69) is 21.2 Å². The van der Waals surface area contributed by atoms with E-state index in [0.29, 0.717) is 16.5 Å². The molecule has 0 spiro atoms. The molecule has 1 N–H and O–H groups in total. The molecule has 0 aliphatic heterocycles. The number of aromatic nitrogens is 1. The summed E-state index contributed by atoms with van der Waals surface area (Å²) >= 11 is 3.43. The van der Waals surface area contributed by atoms with Gasteiger partial charge < -0.3 is 14.2 Å². The number of halogens is 1. The predicted molar refractivity (Wildman–Crippen MR) is 131 cm³/mol. The number of fused-ring (bicyclic) bond motifs is 1. The minimum atomic E-state index is -0.822. The second kappa shape index (κ2) is 10.6. The smallest absolute Gasteiger partial charge is 0.419 e. The summed E-state index contributed by atoms with van der Waals surface area (Å²) < 4.78 is 17.6. The van der Waals surface area contributed by atoms with Crippen LogP contribution in [0.15, 0.2) is 64.9 Å². The molecule has 178 valence electrons. The number of carbonyl (C=O) groups excluding carboxylic acids is 3. The van der Waals surface area contributed by atoms with Gasteiger partial charge in [0.1, 0.15) is 17.9 Å². The van der Waals surface area contributed by atoms with Crippen molar-refractivity contribution in [1.82, 2.24) is 9.88 Å². The van der Waals surface area contributed by atoms with Gasteiger partial charge in [0.05, 0.1) is 12.6 Å². The molecule has 0 fully saturated rings. The Morgan fingerprint density at radius 3 is 2.44 bits per heavy atom. The molecule has 0 unspecified atom stereocenters. The quantitative estimate of drug-likeness (QED) is 0.262. The highest BCUT2D eigenvalue weighted by Crippen LogP contribution is 2.28. The van der Waals surface area contributed by atoms with Gasteiger partial charge in [-0.15, -0.1) is 0 Å². The summed E-state index contributed by atoms with van der Waals surface area (Å²) in [5.74, 6) is -0.773. The number of hydrogen-bond acceptors (Lipinski definition) is 6. The van der Waals surface area contributed by atoms with Gasteiger partial charge in [-0.2, -0.15) is 0 Å². The maximum Gasteiger partial charge on any atom is 0.419 e. The summed E-state index contributed by atoms with van der Waals surface area (Å²) in [4.78, 5) is 37.5. The molecule has 9 heteroatoms. The van der Waals surface area contributed by atoms with Crippen LogP contribution in [0.2, 0.25) is 0 Å².